The lowest BCUT2D eigenvalue weighted by Gasteiger charge is -2.31. The van der Waals surface area contributed by atoms with Gasteiger partial charge in [-0.1, -0.05) is 85.0 Å². The second-order valence-corrected chi connectivity index (χ2v) is 9.37. The van der Waals surface area contributed by atoms with Crippen LogP contribution >= 0.6 is 0 Å². The molecule has 2 aromatic heterocycles. The Morgan fingerprint density at radius 2 is 1.59 bits per heavy atom. The summed E-state index contributed by atoms with van der Waals surface area (Å²) >= 11 is 0. The molecule has 1 aliphatic carbocycles. The van der Waals surface area contributed by atoms with Crippen LogP contribution in [0.3, 0.4) is 0 Å². The second kappa shape index (κ2) is 10.7. The van der Waals surface area contributed by atoms with E-state index in [1.165, 1.54) is 0 Å². The standard InChI is InChI=1S/C34H25N3O2/c38-32(25-9-2-1-3-10-25)19-21-34(20-8-11-26(23-34)29-12-6-7-22-35-29)27-15-17-28(18-16-27)39-33-24-36-30-13-4-5-14-31(30)37-33/h1-22,24H,23H2. The van der Waals surface area contributed by atoms with Crippen LogP contribution in [0.1, 0.15) is 28.0 Å². The van der Waals surface area contributed by atoms with Crippen LogP contribution < -0.4 is 4.74 Å². The molecule has 188 valence electrons. The SMILES string of the molecule is O=C(C=CC1(c2ccc(Oc3cnc4ccccc4n3)cc2)C=CC=C(c2ccccn2)C1)c1ccccc1. The zero-order chi connectivity index (χ0) is 26.5. The van der Waals surface area contributed by atoms with Gasteiger partial charge in [0.05, 0.1) is 22.9 Å². The molecule has 3 aromatic carbocycles. The van der Waals surface area contributed by atoms with Crippen molar-refractivity contribution in [2.45, 2.75) is 11.8 Å². The topological polar surface area (TPSA) is 65.0 Å². The number of aromatic nitrogens is 3. The van der Waals surface area contributed by atoms with E-state index in [4.69, 9.17) is 4.74 Å². The number of carbonyl (C=O) groups is 1. The highest BCUT2D eigenvalue weighted by atomic mass is 16.5. The van der Waals surface area contributed by atoms with Gasteiger partial charge in [-0.2, -0.15) is 0 Å². The van der Waals surface area contributed by atoms with E-state index in [1.54, 1.807) is 18.5 Å². The normalized spacial score (nSPS) is 16.8. The molecular weight excluding hydrogens is 482 g/mol. The van der Waals surface area contributed by atoms with Gasteiger partial charge in [-0.25, -0.2) is 9.97 Å². The van der Waals surface area contributed by atoms with E-state index >= 15 is 0 Å². The second-order valence-electron chi connectivity index (χ2n) is 9.37. The minimum Gasteiger partial charge on any atom is -0.437 e. The van der Waals surface area contributed by atoms with E-state index in [9.17, 15) is 4.79 Å². The van der Waals surface area contributed by atoms with Gasteiger partial charge < -0.3 is 4.74 Å². The van der Waals surface area contributed by atoms with E-state index in [-0.39, 0.29) is 5.78 Å². The molecule has 1 aliphatic rings. The Morgan fingerprint density at radius 3 is 2.38 bits per heavy atom. The number of ether oxygens (including phenoxy) is 1. The Bertz CT molecular complexity index is 1710. The third kappa shape index (κ3) is 5.29. The first-order valence-corrected chi connectivity index (χ1v) is 12.8. The fourth-order valence-electron chi connectivity index (χ4n) is 4.77. The Kier molecular flexibility index (Phi) is 6.62. The number of para-hydroxylation sites is 2. The molecule has 0 spiro atoms. The largest absolute Gasteiger partial charge is 0.437 e. The predicted octanol–water partition coefficient (Wildman–Crippen LogP) is 7.54. The predicted molar refractivity (Wildman–Crippen MR) is 154 cm³/mol. The summed E-state index contributed by atoms with van der Waals surface area (Å²) in [5.41, 5.74) is 4.77. The van der Waals surface area contributed by atoms with Crippen LogP contribution in [-0.4, -0.2) is 20.7 Å². The molecule has 39 heavy (non-hydrogen) atoms. The smallest absolute Gasteiger partial charge is 0.238 e. The number of ketones is 1. The number of rotatable bonds is 7. The summed E-state index contributed by atoms with van der Waals surface area (Å²) < 4.78 is 6.02. The highest BCUT2D eigenvalue weighted by molar-refractivity contribution is 6.04. The van der Waals surface area contributed by atoms with Gasteiger partial charge in [0.1, 0.15) is 5.75 Å². The molecule has 5 nitrogen and oxygen atoms in total. The van der Waals surface area contributed by atoms with Gasteiger partial charge in [0.25, 0.3) is 0 Å². The molecule has 0 bridgehead atoms. The number of fused-ring (bicyclic) bond motifs is 1. The molecule has 6 rings (SSSR count). The molecule has 0 amide bonds. The van der Waals surface area contributed by atoms with Crippen molar-refractivity contribution in [2.75, 3.05) is 0 Å². The average Bonchev–Trinajstić information content (AvgIpc) is 3.01. The van der Waals surface area contributed by atoms with Gasteiger partial charge in [0.15, 0.2) is 5.78 Å². The summed E-state index contributed by atoms with van der Waals surface area (Å²) in [6.07, 6.45) is 14.0. The lowest BCUT2D eigenvalue weighted by molar-refractivity contribution is 0.104. The third-order valence-electron chi connectivity index (χ3n) is 6.80. The summed E-state index contributed by atoms with van der Waals surface area (Å²) in [6.45, 7) is 0. The molecular formula is C34H25N3O2. The highest BCUT2D eigenvalue weighted by Gasteiger charge is 2.31. The molecule has 0 fully saturated rings. The van der Waals surface area contributed by atoms with Crippen molar-refractivity contribution >= 4 is 22.4 Å². The third-order valence-corrected chi connectivity index (χ3v) is 6.80. The van der Waals surface area contributed by atoms with Crippen molar-refractivity contribution in [3.8, 4) is 11.6 Å². The Hall–Kier alpha value is -5.16. The molecule has 0 aliphatic heterocycles. The van der Waals surface area contributed by atoms with E-state index in [0.29, 0.717) is 23.6 Å². The van der Waals surface area contributed by atoms with Gasteiger partial charge in [-0.3, -0.25) is 9.78 Å². The van der Waals surface area contributed by atoms with Crippen molar-refractivity contribution in [1.82, 2.24) is 15.0 Å². The molecule has 5 aromatic rings. The van der Waals surface area contributed by atoms with E-state index in [2.05, 4.69) is 27.1 Å². The number of carbonyl (C=O) groups excluding carboxylic acids is 1. The van der Waals surface area contributed by atoms with Gasteiger partial charge in [-0.05, 0) is 60.0 Å². The van der Waals surface area contributed by atoms with Crippen molar-refractivity contribution in [2.24, 2.45) is 0 Å². The Morgan fingerprint density at radius 1 is 0.821 bits per heavy atom. The van der Waals surface area contributed by atoms with E-state index in [1.807, 2.05) is 109 Å². The zero-order valence-corrected chi connectivity index (χ0v) is 21.1. The molecule has 1 unspecified atom stereocenters. The van der Waals surface area contributed by atoms with Gasteiger partial charge in [-0.15, -0.1) is 0 Å². The van der Waals surface area contributed by atoms with Crippen LogP contribution in [0.4, 0.5) is 0 Å². The van der Waals surface area contributed by atoms with Crippen LogP contribution in [0.5, 0.6) is 11.6 Å². The van der Waals surface area contributed by atoms with Crippen LogP contribution in [0.15, 0.2) is 140 Å². The van der Waals surface area contributed by atoms with Crippen molar-refractivity contribution in [3.05, 3.63) is 157 Å². The van der Waals surface area contributed by atoms with E-state index in [0.717, 1.165) is 27.9 Å². The highest BCUT2D eigenvalue weighted by Crippen LogP contribution is 2.41. The minimum absolute atomic E-state index is 0.0350. The van der Waals surface area contributed by atoms with Crippen LogP contribution in [-0.2, 0) is 5.41 Å². The lowest BCUT2D eigenvalue weighted by Crippen LogP contribution is -2.24. The van der Waals surface area contributed by atoms with Crippen LogP contribution in [0.25, 0.3) is 16.6 Å². The first-order valence-electron chi connectivity index (χ1n) is 12.8. The number of hydrogen-bond acceptors (Lipinski definition) is 5. The molecule has 1 atom stereocenters. The zero-order valence-electron chi connectivity index (χ0n) is 21.1. The Labute approximate surface area is 226 Å². The van der Waals surface area contributed by atoms with Crippen molar-refractivity contribution in [3.63, 3.8) is 0 Å². The molecule has 0 saturated heterocycles. The monoisotopic (exact) mass is 507 g/mol. The first kappa shape index (κ1) is 24.2. The van der Waals surface area contributed by atoms with Crippen molar-refractivity contribution < 1.29 is 9.53 Å². The fourth-order valence-corrected chi connectivity index (χ4v) is 4.77. The summed E-state index contributed by atoms with van der Waals surface area (Å²) in [5, 5.41) is 0. The summed E-state index contributed by atoms with van der Waals surface area (Å²) in [6, 6.07) is 30.8. The van der Waals surface area contributed by atoms with Crippen molar-refractivity contribution in [1.29, 1.82) is 0 Å². The number of hydrogen-bond donors (Lipinski definition) is 0. The molecule has 2 heterocycles. The number of allylic oxidation sites excluding steroid dienone is 6. The maximum atomic E-state index is 13.0. The first-order chi connectivity index (χ1) is 19.2. The minimum atomic E-state index is -0.534. The summed E-state index contributed by atoms with van der Waals surface area (Å²) in [5.74, 6) is 1.05. The quantitative estimate of drug-likeness (QED) is 0.168. The summed E-state index contributed by atoms with van der Waals surface area (Å²) in [4.78, 5) is 26.5. The average molecular weight is 508 g/mol. The number of pyridine rings is 1. The summed E-state index contributed by atoms with van der Waals surface area (Å²) in [7, 11) is 0. The molecule has 5 heteroatoms. The number of nitrogens with zero attached hydrogens (tertiary/aromatic N) is 3. The number of benzene rings is 3. The maximum absolute atomic E-state index is 13.0. The molecule has 0 N–H and O–H groups in total. The van der Waals surface area contributed by atoms with E-state index < -0.39 is 5.41 Å². The van der Waals surface area contributed by atoms with Crippen LogP contribution in [0.2, 0.25) is 0 Å². The molecule has 0 radical (unpaired) electrons. The Balaban J connectivity index is 1.31. The van der Waals surface area contributed by atoms with Gasteiger partial charge in [0.2, 0.25) is 5.88 Å². The molecule has 0 saturated carbocycles. The fraction of sp³-hybridized carbons (Fsp3) is 0.0588. The maximum Gasteiger partial charge on any atom is 0.238 e. The van der Waals surface area contributed by atoms with Gasteiger partial charge in [0, 0.05) is 17.2 Å². The van der Waals surface area contributed by atoms with Gasteiger partial charge >= 0.3 is 0 Å². The lowest BCUT2D eigenvalue weighted by atomic mass is 9.72. The van der Waals surface area contributed by atoms with Crippen LogP contribution in [0, 0.1) is 0 Å².